The molecule has 0 spiro atoms. The normalized spacial score (nSPS) is 13.7. The average Bonchev–Trinajstić information content (AvgIpc) is 3.30. The van der Waals surface area contributed by atoms with Crippen molar-refractivity contribution in [3.05, 3.63) is 65.9 Å². The fourth-order valence-corrected chi connectivity index (χ4v) is 4.15. The van der Waals surface area contributed by atoms with Gasteiger partial charge < -0.3 is 19.3 Å². The van der Waals surface area contributed by atoms with Crippen LogP contribution in [0, 0.1) is 6.92 Å². The maximum Gasteiger partial charge on any atom is 0.358 e. The second-order valence-corrected chi connectivity index (χ2v) is 8.18. The number of carbonyl (C=O) groups is 2. The number of hydrogen-bond donors (Lipinski definition) is 0. The molecule has 1 fully saturated rings. The highest BCUT2D eigenvalue weighted by Crippen LogP contribution is 2.28. The van der Waals surface area contributed by atoms with Crippen molar-refractivity contribution in [2.45, 2.75) is 13.8 Å². The Hall–Kier alpha value is -3.65. The highest BCUT2D eigenvalue weighted by molar-refractivity contribution is 5.89. The van der Waals surface area contributed by atoms with Gasteiger partial charge in [0.05, 0.1) is 18.0 Å². The predicted octanol–water partition coefficient (Wildman–Crippen LogP) is 3.32. The van der Waals surface area contributed by atoms with Crippen molar-refractivity contribution in [1.29, 1.82) is 0 Å². The molecule has 8 heteroatoms. The van der Waals surface area contributed by atoms with E-state index in [1.54, 1.807) is 17.7 Å². The second kappa shape index (κ2) is 10.5. The Kier molecular flexibility index (Phi) is 7.27. The van der Waals surface area contributed by atoms with Crippen LogP contribution in [0.1, 0.15) is 23.0 Å². The van der Waals surface area contributed by atoms with Crippen molar-refractivity contribution in [1.82, 2.24) is 14.7 Å². The van der Waals surface area contributed by atoms with Gasteiger partial charge in [0.1, 0.15) is 6.61 Å². The lowest BCUT2D eigenvalue weighted by Gasteiger charge is -2.36. The first-order valence-corrected chi connectivity index (χ1v) is 11.5. The van der Waals surface area contributed by atoms with Crippen LogP contribution in [0.15, 0.2) is 54.6 Å². The number of esters is 1. The number of amides is 1. The van der Waals surface area contributed by atoms with Gasteiger partial charge >= 0.3 is 5.97 Å². The fourth-order valence-electron chi connectivity index (χ4n) is 4.15. The Morgan fingerprint density at radius 1 is 1.00 bits per heavy atom. The number of anilines is 1. The van der Waals surface area contributed by atoms with E-state index in [1.165, 1.54) is 7.11 Å². The van der Waals surface area contributed by atoms with Gasteiger partial charge in [-0.2, -0.15) is 5.10 Å². The molecule has 3 aromatic rings. The molecule has 178 valence electrons. The summed E-state index contributed by atoms with van der Waals surface area (Å²) in [5, 5.41) is 4.57. The Labute approximate surface area is 199 Å². The molecule has 1 amide bonds. The first kappa shape index (κ1) is 23.5. The summed E-state index contributed by atoms with van der Waals surface area (Å²) in [5.41, 5.74) is 5.10. The highest BCUT2D eigenvalue weighted by atomic mass is 16.5. The zero-order valence-corrected chi connectivity index (χ0v) is 19.9. The van der Waals surface area contributed by atoms with Gasteiger partial charge in [0.15, 0.2) is 5.69 Å². The third-order valence-corrected chi connectivity index (χ3v) is 5.97. The number of hydrogen-bond acceptors (Lipinski definition) is 6. The maximum atomic E-state index is 12.4. The van der Waals surface area contributed by atoms with Crippen LogP contribution in [0.4, 0.5) is 5.69 Å². The standard InChI is InChI=1S/C26H30N4O4/c1-4-34-26(32)22-17-24(30(27-22)23-8-6-5-7-19(23)2)20-9-11-21(12-10-20)28-13-15-29(16-14-28)25(31)18-33-3/h5-12,17H,4,13-16,18H2,1-3H3. The lowest BCUT2D eigenvalue weighted by atomic mass is 10.1. The first-order chi connectivity index (χ1) is 16.5. The number of rotatable bonds is 7. The molecule has 8 nitrogen and oxygen atoms in total. The SMILES string of the molecule is CCOC(=O)c1cc(-c2ccc(N3CCN(C(=O)COC)CC3)cc2)n(-c2ccccc2C)n1. The van der Waals surface area contributed by atoms with E-state index < -0.39 is 5.97 Å². The van der Waals surface area contributed by atoms with E-state index in [-0.39, 0.29) is 18.2 Å². The molecule has 1 aliphatic heterocycles. The lowest BCUT2D eigenvalue weighted by Crippen LogP contribution is -2.49. The van der Waals surface area contributed by atoms with Crippen LogP contribution in [0.25, 0.3) is 16.9 Å². The number of aromatic nitrogens is 2. The van der Waals surface area contributed by atoms with Gasteiger partial charge in [0.25, 0.3) is 0 Å². The van der Waals surface area contributed by atoms with E-state index in [0.717, 1.165) is 41.3 Å². The topological polar surface area (TPSA) is 76.9 Å². The zero-order chi connectivity index (χ0) is 24.1. The van der Waals surface area contributed by atoms with Crippen LogP contribution in [-0.2, 0) is 14.3 Å². The van der Waals surface area contributed by atoms with E-state index in [4.69, 9.17) is 9.47 Å². The quantitative estimate of drug-likeness (QED) is 0.502. The van der Waals surface area contributed by atoms with Gasteiger partial charge in [0.2, 0.25) is 5.91 Å². The van der Waals surface area contributed by atoms with Crippen LogP contribution >= 0.6 is 0 Å². The van der Waals surface area contributed by atoms with E-state index in [0.29, 0.717) is 19.7 Å². The van der Waals surface area contributed by atoms with Crippen molar-refractivity contribution in [2.24, 2.45) is 0 Å². The number of methoxy groups -OCH3 is 1. The van der Waals surface area contributed by atoms with Crippen LogP contribution in [0.3, 0.4) is 0 Å². The van der Waals surface area contributed by atoms with Crippen LogP contribution in [-0.4, -0.2) is 73.1 Å². The molecular formula is C26H30N4O4. The molecule has 4 rings (SSSR count). The van der Waals surface area contributed by atoms with Gasteiger partial charge in [-0.1, -0.05) is 30.3 Å². The summed E-state index contributed by atoms with van der Waals surface area (Å²) in [6, 6.07) is 17.9. The number of aryl methyl sites for hydroxylation is 1. The third kappa shape index (κ3) is 4.97. The summed E-state index contributed by atoms with van der Waals surface area (Å²) >= 11 is 0. The molecule has 2 aromatic carbocycles. The van der Waals surface area contributed by atoms with Crippen molar-refractivity contribution in [3.8, 4) is 16.9 Å². The summed E-state index contributed by atoms with van der Waals surface area (Å²) in [7, 11) is 1.54. The van der Waals surface area contributed by atoms with Crippen LogP contribution in [0.2, 0.25) is 0 Å². The highest BCUT2D eigenvalue weighted by Gasteiger charge is 2.22. The van der Waals surface area contributed by atoms with Crippen LogP contribution < -0.4 is 4.90 Å². The minimum atomic E-state index is -0.436. The number of benzene rings is 2. The van der Waals surface area contributed by atoms with Gasteiger partial charge in [-0.15, -0.1) is 0 Å². The first-order valence-electron chi connectivity index (χ1n) is 11.5. The van der Waals surface area contributed by atoms with Gasteiger partial charge in [-0.05, 0) is 43.7 Å². The molecule has 0 unspecified atom stereocenters. The maximum absolute atomic E-state index is 12.4. The van der Waals surface area contributed by atoms with E-state index in [9.17, 15) is 9.59 Å². The largest absolute Gasteiger partial charge is 0.461 e. The molecule has 34 heavy (non-hydrogen) atoms. The average molecular weight is 463 g/mol. The Morgan fingerprint density at radius 2 is 1.71 bits per heavy atom. The Bertz CT molecular complexity index is 1150. The van der Waals surface area contributed by atoms with Crippen molar-refractivity contribution >= 4 is 17.6 Å². The smallest absolute Gasteiger partial charge is 0.358 e. The minimum absolute atomic E-state index is 0.0272. The summed E-state index contributed by atoms with van der Waals surface area (Å²) in [5.74, 6) is -0.409. The number of piperazine rings is 1. The van der Waals surface area contributed by atoms with Crippen molar-refractivity contribution in [3.63, 3.8) is 0 Å². The lowest BCUT2D eigenvalue weighted by molar-refractivity contribution is -0.135. The van der Waals surface area contributed by atoms with Gasteiger partial charge in [-0.3, -0.25) is 4.79 Å². The predicted molar refractivity (Wildman–Crippen MR) is 130 cm³/mol. The fraction of sp³-hybridized carbons (Fsp3) is 0.346. The van der Waals surface area contributed by atoms with Crippen LogP contribution in [0.5, 0.6) is 0 Å². The van der Waals surface area contributed by atoms with Crippen molar-refractivity contribution < 1.29 is 19.1 Å². The molecule has 0 aliphatic carbocycles. The van der Waals surface area contributed by atoms with E-state index in [2.05, 4.69) is 22.1 Å². The molecule has 0 radical (unpaired) electrons. The molecule has 1 aromatic heterocycles. The molecular weight excluding hydrogens is 432 g/mol. The van der Waals surface area contributed by atoms with Crippen molar-refractivity contribution in [2.75, 3.05) is 51.4 Å². The second-order valence-electron chi connectivity index (χ2n) is 8.18. The summed E-state index contributed by atoms with van der Waals surface area (Å²) in [6.07, 6.45) is 0. The van der Waals surface area contributed by atoms with E-state index in [1.807, 2.05) is 48.2 Å². The summed E-state index contributed by atoms with van der Waals surface area (Å²) in [6.45, 7) is 7.10. The molecule has 1 aliphatic rings. The molecule has 0 N–H and O–H groups in total. The Balaban J connectivity index is 1.58. The number of carbonyl (C=O) groups excluding carboxylic acids is 2. The van der Waals surface area contributed by atoms with Gasteiger partial charge in [0, 0.05) is 44.5 Å². The summed E-state index contributed by atoms with van der Waals surface area (Å²) in [4.78, 5) is 28.5. The minimum Gasteiger partial charge on any atom is -0.461 e. The van der Waals surface area contributed by atoms with E-state index >= 15 is 0 Å². The summed E-state index contributed by atoms with van der Waals surface area (Å²) < 4.78 is 11.9. The Morgan fingerprint density at radius 3 is 2.35 bits per heavy atom. The monoisotopic (exact) mass is 462 g/mol. The number of nitrogens with zero attached hydrogens (tertiary/aromatic N) is 4. The van der Waals surface area contributed by atoms with Gasteiger partial charge in [-0.25, -0.2) is 9.48 Å². The molecule has 1 saturated heterocycles. The molecule has 0 bridgehead atoms. The zero-order valence-electron chi connectivity index (χ0n) is 19.9. The molecule has 0 saturated carbocycles. The number of ether oxygens (including phenoxy) is 2. The molecule has 0 atom stereocenters. The number of para-hydroxylation sites is 1. The molecule has 2 heterocycles. The third-order valence-electron chi connectivity index (χ3n) is 5.97.